The number of methoxy groups -OCH3 is 1. The Balaban J connectivity index is 2.27. The molecule has 0 N–H and O–H groups in total. The van der Waals surface area contributed by atoms with E-state index >= 15 is 0 Å². The second-order valence-corrected chi connectivity index (χ2v) is 3.73. The predicted molar refractivity (Wildman–Crippen MR) is 66.0 cm³/mol. The van der Waals surface area contributed by atoms with Gasteiger partial charge in [0, 0.05) is 5.39 Å². The van der Waals surface area contributed by atoms with Gasteiger partial charge in [-0.3, -0.25) is 0 Å². The molecule has 0 fully saturated rings. The molecule has 2 aromatic carbocycles. The molecule has 1 heterocycles. The fraction of sp³-hybridized carbons (Fsp3) is 0.0714. The lowest BCUT2D eigenvalue weighted by Crippen LogP contribution is -1.86. The fourth-order valence-electron chi connectivity index (χ4n) is 1.92. The van der Waals surface area contributed by atoms with E-state index in [1.54, 1.807) is 7.11 Å². The van der Waals surface area contributed by atoms with Crippen molar-refractivity contribution in [3.8, 4) is 17.1 Å². The SMILES string of the molecule is COc1ccccc1-c1onc2ccccc12. The number of para-hydroxylation sites is 1. The maximum atomic E-state index is 5.41. The number of fused-ring (bicyclic) bond motifs is 1. The number of nitrogens with zero attached hydrogens (tertiary/aromatic N) is 1. The Morgan fingerprint density at radius 1 is 1.00 bits per heavy atom. The Morgan fingerprint density at radius 2 is 1.76 bits per heavy atom. The van der Waals surface area contributed by atoms with Gasteiger partial charge in [0.05, 0.1) is 12.7 Å². The van der Waals surface area contributed by atoms with Gasteiger partial charge < -0.3 is 9.26 Å². The van der Waals surface area contributed by atoms with Gasteiger partial charge in [-0.2, -0.15) is 0 Å². The first-order chi connectivity index (χ1) is 8.40. The maximum Gasteiger partial charge on any atom is 0.178 e. The first kappa shape index (κ1) is 9.90. The van der Waals surface area contributed by atoms with E-state index in [-0.39, 0.29) is 0 Å². The molecular formula is C14H11NO2. The van der Waals surface area contributed by atoms with Gasteiger partial charge in [0.15, 0.2) is 5.76 Å². The van der Waals surface area contributed by atoms with Crippen molar-refractivity contribution in [1.82, 2.24) is 5.16 Å². The number of ether oxygens (including phenoxy) is 1. The molecule has 84 valence electrons. The quantitative estimate of drug-likeness (QED) is 0.669. The molecule has 0 aliphatic heterocycles. The fourth-order valence-corrected chi connectivity index (χ4v) is 1.92. The average Bonchev–Trinajstić information content (AvgIpc) is 2.82. The van der Waals surface area contributed by atoms with E-state index in [1.807, 2.05) is 48.5 Å². The van der Waals surface area contributed by atoms with Gasteiger partial charge in [0.1, 0.15) is 11.3 Å². The summed E-state index contributed by atoms with van der Waals surface area (Å²) in [5.74, 6) is 1.53. The Hall–Kier alpha value is -2.29. The molecule has 0 saturated carbocycles. The minimum Gasteiger partial charge on any atom is -0.496 e. The third-order valence-corrected chi connectivity index (χ3v) is 2.74. The van der Waals surface area contributed by atoms with E-state index in [1.165, 1.54) is 0 Å². The normalized spacial score (nSPS) is 10.6. The van der Waals surface area contributed by atoms with Gasteiger partial charge in [0.25, 0.3) is 0 Å². The molecule has 3 rings (SSSR count). The molecule has 3 aromatic rings. The highest BCUT2D eigenvalue weighted by Crippen LogP contribution is 2.34. The van der Waals surface area contributed by atoms with Crippen molar-refractivity contribution in [2.75, 3.05) is 7.11 Å². The van der Waals surface area contributed by atoms with E-state index in [4.69, 9.17) is 9.26 Å². The Kier molecular flexibility index (Phi) is 2.29. The average molecular weight is 225 g/mol. The molecular weight excluding hydrogens is 214 g/mol. The molecule has 0 spiro atoms. The lowest BCUT2D eigenvalue weighted by Gasteiger charge is -2.04. The molecule has 0 radical (unpaired) electrons. The summed E-state index contributed by atoms with van der Waals surface area (Å²) < 4.78 is 10.7. The molecule has 3 heteroatoms. The summed E-state index contributed by atoms with van der Waals surface area (Å²) in [7, 11) is 1.65. The highest BCUT2D eigenvalue weighted by molar-refractivity contribution is 5.92. The topological polar surface area (TPSA) is 35.3 Å². The molecule has 0 saturated heterocycles. The summed E-state index contributed by atoms with van der Waals surface area (Å²) in [4.78, 5) is 0. The summed E-state index contributed by atoms with van der Waals surface area (Å²) in [5, 5.41) is 5.04. The van der Waals surface area contributed by atoms with E-state index in [9.17, 15) is 0 Å². The van der Waals surface area contributed by atoms with Crippen LogP contribution < -0.4 is 4.74 Å². The van der Waals surface area contributed by atoms with Crippen molar-refractivity contribution in [2.24, 2.45) is 0 Å². The first-order valence-electron chi connectivity index (χ1n) is 5.38. The summed E-state index contributed by atoms with van der Waals surface area (Å²) in [6, 6.07) is 15.6. The molecule has 0 aliphatic rings. The minimum atomic E-state index is 0.748. The van der Waals surface area contributed by atoms with Crippen LogP contribution >= 0.6 is 0 Å². The Morgan fingerprint density at radius 3 is 2.65 bits per heavy atom. The van der Waals surface area contributed by atoms with E-state index in [0.29, 0.717) is 0 Å². The second kappa shape index (κ2) is 3.94. The Bertz CT molecular complexity index is 658. The van der Waals surface area contributed by atoms with Crippen molar-refractivity contribution in [1.29, 1.82) is 0 Å². The monoisotopic (exact) mass is 225 g/mol. The molecule has 1 aromatic heterocycles. The maximum absolute atomic E-state index is 5.41. The van der Waals surface area contributed by atoms with Gasteiger partial charge in [-0.1, -0.05) is 29.4 Å². The molecule has 3 nitrogen and oxygen atoms in total. The molecule has 0 amide bonds. The third kappa shape index (κ3) is 1.56. The molecule has 0 unspecified atom stereocenters. The van der Waals surface area contributed by atoms with Crippen LogP contribution in [0, 0.1) is 0 Å². The molecule has 0 bridgehead atoms. The zero-order chi connectivity index (χ0) is 11.7. The molecule has 17 heavy (non-hydrogen) atoms. The van der Waals surface area contributed by atoms with Crippen LogP contribution in [-0.2, 0) is 0 Å². The van der Waals surface area contributed by atoms with Crippen molar-refractivity contribution < 1.29 is 9.26 Å². The van der Waals surface area contributed by atoms with Crippen LogP contribution in [0.4, 0.5) is 0 Å². The van der Waals surface area contributed by atoms with Crippen LogP contribution in [0.25, 0.3) is 22.2 Å². The van der Waals surface area contributed by atoms with Gasteiger partial charge >= 0.3 is 0 Å². The van der Waals surface area contributed by atoms with Crippen molar-refractivity contribution in [3.05, 3.63) is 48.5 Å². The standard InChI is InChI=1S/C14H11NO2/c1-16-13-9-5-3-7-11(13)14-10-6-2-4-8-12(10)15-17-14/h2-9H,1H3. The number of aromatic nitrogens is 1. The van der Waals surface area contributed by atoms with Gasteiger partial charge in [-0.25, -0.2) is 0 Å². The van der Waals surface area contributed by atoms with Crippen LogP contribution in [0.15, 0.2) is 53.1 Å². The van der Waals surface area contributed by atoms with Crippen molar-refractivity contribution >= 4 is 10.9 Å². The lowest BCUT2D eigenvalue weighted by molar-refractivity contribution is 0.408. The highest BCUT2D eigenvalue weighted by atomic mass is 16.5. The summed E-state index contributed by atoms with van der Waals surface area (Å²) >= 11 is 0. The van der Waals surface area contributed by atoms with Crippen LogP contribution in [0.1, 0.15) is 0 Å². The minimum absolute atomic E-state index is 0.748. The largest absolute Gasteiger partial charge is 0.496 e. The number of rotatable bonds is 2. The lowest BCUT2D eigenvalue weighted by atomic mass is 10.1. The zero-order valence-electron chi connectivity index (χ0n) is 9.38. The highest BCUT2D eigenvalue weighted by Gasteiger charge is 2.13. The predicted octanol–water partition coefficient (Wildman–Crippen LogP) is 3.50. The summed E-state index contributed by atoms with van der Waals surface area (Å²) in [5.41, 5.74) is 1.78. The van der Waals surface area contributed by atoms with Crippen LogP contribution in [0.2, 0.25) is 0 Å². The van der Waals surface area contributed by atoms with Gasteiger partial charge in [0.2, 0.25) is 0 Å². The smallest absolute Gasteiger partial charge is 0.178 e. The number of hydrogen-bond acceptors (Lipinski definition) is 3. The van der Waals surface area contributed by atoms with Gasteiger partial charge in [-0.05, 0) is 24.3 Å². The summed E-state index contributed by atoms with van der Waals surface area (Å²) in [6.07, 6.45) is 0. The number of benzene rings is 2. The summed E-state index contributed by atoms with van der Waals surface area (Å²) in [6.45, 7) is 0. The second-order valence-electron chi connectivity index (χ2n) is 3.73. The van der Waals surface area contributed by atoms with Crippen LogP contribution in [-0.4, -0.2) is 12.3 Å². The molecule has 0 aliphatic carbocycles. The van der Waals surface area contributed by atoms with Crippen molar-refractivity contribution in [3.63, 3.8) is 0 Å². The van der Waals surface area contributed by atoms with Crippen LogP contribution in [0.5, 0.6) is 5.75 Å². The first-order valence-corrected chi connectivity index (χ1v) is 5.38. The number of hydrogen-bond donors (Lipinski definition) is 0. The molecule has 0 atom stereocenters. The Labute approximate surface area is 98.6 Å². The van der Waals surface area contributed by atoms with Gasteiger partial charge in [-0.15, -0.1) is 0 Å². The zero-order valence-corrected chi connectivity index (χ0v) is 9.38. The van der Waals surface area contributed by atoms with Crippen LogP contribution in [0.3, 0.4) is 0 Å². The van der Waals surface area contributed by atoms with E-state index in [2.05, 4.69) is 5.16 Å². The third-order valence-electron chi connectivity index (χ3n) is 2.74. The van der Waals surface area contributed by atoms with E-state index < -0.39 is 0 Å². The van der Waals surface area contributed by atoms with E-state index in [0.717, 1.165) is 28.0 Å². The van der Waals surface area contributed by atoms with Crippen molar-refractivity contribution in [2.45, 2.75) is 0 Å².